The van der Waals surface area contributed by atoms with Crippen LogP contribution in [0.4, 0.5) is 0 Å². The predicted octanol–water partition coefficient (Wildman–Crippen LogP) is 4.11. The molecule has 0 heterocycles. The minimum Gasteiger partial charge on any atom is -0.496 e. The molecule has 0 unspecified atom stereocenters. The Kier molecular flexibility index (Phi) is 7.13. The van der Waals surface area contributed by atoms with Crippen LogP contribution in [0.2, 0.25) is 0 Å². The van der Waals surface area contributed by atoms with Crippen LogP contribution >= 0.6 is 15.9 Å². The van der Waals surface area contributed by atoms with E-state index in [9.17, 15) is 4.79 Å². The topological polar surface area (TPSA) is 56.8 Å². The van der Waals surface area contributed by atoms with Crippen LogP contribution in [0.1, 0.15) is 25.0 Å². The summed E-state index contributed by atoms with van der Waals surface area (Å²) in [7, 11) is 4.80. The Labute approximate surface area is 169 Å². The van der Waals surface area contributed by atoms with E-state index in [2.05, 4.69) is 21.2 Å². The standard InChI is InChI=1S/C21H26BrNO4/c1-21(2,14-6-8-15(22)9-7-14)20(24)23-11-10-17-18(26-4)12-16(25-3)13-19(17)27-5/h6-9,12-13H,10-11H2,1-5H3,(H,23,24). The summed E-state index contributed by atoms with van der Waals surface area (Å²) in [4.78, 5) is 12.7. The van der Waals surface area contributed by atoms with Crippen molar-refractivity contribution in [1.29, 1.82) is 0 Å². The molecule has 0 atom stereocenters. The maximum Gasteiger partial charge on any atom is 0.230 e. The van der Waals surface area contributed by atoms with Gasteiger partial charge in [-0.3, -0.25) is 4.79 Å². The molecule has 0 aliphatic rings. The molecule has 2 aromatic carbocycles. The predicted molar refractivity (Wildman–Crippen MR) is 110 cm³/mol. The molecular formula is C21H26BrNO4. The first-order chi connectivity index (χ1) is 12.8. The summed E-state index contributed by atoms with van der Waals surface area (Å²) < 4.78 is 17.2. The van der Waals surface area contributed by atoms with Crippen molar-refractivity contribution < 1.29 is 19.0 Å². The van der Waals surface area contributed by atoms with Crippen molar-refractivity contribution in [2.75, 3.05) is 27.9 Å². The lowest BCUT2D eigenvalue weighted by atomic mass is 9.84. The van der Waals surface area contributed by atoms with Crippen molar-refractivity contribution in [3.8, 4) is 17.2 Å². The second kappa shape index (κ2) is 9.13. The fraction of sp³-hybridized carbons (Fsp3) is 0.381. The maximum atomic E-state index is 12.7. The third-order valence-corrected chi connectivity index (χ3v) is 5.14. The normalized spacial score (nSPS) is 11.0. The third kappa shape index (κ3) is 4.95. The van der Waals surface area contributed by atoms with Gasteiger partial charge in [0, 0.05) is 28.7 Å². The molecule has 0 saturated heterocycles. The lowest BCUT2D eigenvalue weighted by Gasteiger charge is -2.24. The van der Waals surface area contributed by atoms with Crippen molar-refractivity contribution >= 4 is 21.8 Å². The van der Waals surface area contributed by atoms with Crippen LogP contribution in [0.5, 0.6) is 17.2 Å². The summed E-state index contributed by atoms with van der Waals surface area (Å²) >= 11 is 3.42. The summed E-state index contributed by atoms with van der Waals surface area (Å²) in [5.41, 5.74) is 1.22. The van der Waals surface area contributed by atoms with Gasteiger partial charge in [-0.25, -0.2) is 0 Å². The number of rotatable bonds is 8. The van der Waals surface area contributed by atoms with E-state index in [1.807, 2.05) is 50.2 Å². The number of methoxy groups -OCH3 is 3. The highest BCUT2D eigenvalue weighted by Gasteiger charge is 2.29. The van der Waals surface area contributed by atoms with E-state index in [1.165, 1.54) is 0 Å². The molecule has 0 bridgehead atoms. The Morgan fingerprint density at radius 2 is 1.56 bits per heavy atom. The third-order valence-electron chi connectivity index (χ3n) is 4.61. The Morgan fingerprint density at radius 1 is 1.00 bits per heavy atom. The number of benzene rings is 2. The van der Waals surface area contributed by atoms with E-state index >= 15 is 0 Å². The van der Waals surface area contributed by atoms with Crippen molar-refractivity contribution in [2.45, 2.75) is 25.7 Å². The zero-order valence-corrected chi connectivity index (χ0v) is 18.0. The van der Waals surface area contributed by atoms with Crippen LogP contribution in [0.15, 0.2) is 40.9 Å². The van der Waals surface area contributed by atoms with Crippen molar-refractivity contribution in [3.05, 3.63) is 52.0 Å². The maximum absolute atomic E-state index is 12.7. The Balaban J connectivity index is 2.09. The minimum absolute atomic E-state index is 0.0312. The van der Waals surface area contributed by atoms with Gasteiger partial charge in [-0.15, -0.1) is 0 Å². The molecule has 0 radical (unpaired) electrons. The molecule has 0 aliphatic heterocycles. The molecule has 27 heavy (non-hydrogen) atoms. The summed E-state index contributed by atoms with van der Waals surface area (Å²) in [6.07, 6.45) is 0.582. The molecule has 5 nitrogen and oxygen atoms in total. The molecule has 0 saturated carbocycles. The molecule has 2 aromatic rings. The molecule has 6 heteroatoms. The first-order valence-corrected chi connectivity index (χ1v) is 9.46. The van der Waals surface area contributed by atoms with Crippen LogP contribution in [0, 0.1) is 0 Å². The van der Waals surface area contributed by atoms with Gasteiger partial charge in [0.2, 0.25) is 5.91 Å². The molecule has 1 amide bonds. The number of nitrogens with one attached hydrogen (secondary N) is 1. The quantitative estimate of drug-likeness (QED) is 0.677. The van der Waals surface area contributed by atoms with Gasteiger partial charge in [-0.1, -0.05) is 28.1 Å². The average Bonchev–Trinajstić information content (AvgIpc) is 2.67. The first-order valence-electron chi connectivity index (χ1n) is 8.66. The Bertz CT molecular complexity index is 762. The summed E-state index contributed by atoms with van der Waals surface area (Å²) in [6, 6.07) is 11.4. The second-order valence-electron chi connectivity index (χ2n) is 6.65. The number of hydrogen-bond acceptors (Lipinski definition) is 4. The number of hydrogen-bond donors (Lipinski definition) is 1. The SMILES string of the molecule is COc1cc(OC)c(CCNC(=O)C(C)(C)c2ccc(Br)cc2)c(OC)c1. The molecule has 0 spiro atoms. The highest BCUT2D eigenvalue weighted by Crippen LogP contribution is 2.34. The van der Waals surface area contributed by atoms with E-state index in [1.54, 1.807) is 21.3 Å². The zero-order valence-electron chi connectivity index (χ0n) is 16.4. The van der Waals surface area contributed by atoms with Crippen LogP contribution in [-0.4, -0.2) is 33.8 Å². The van der Waals surface area contributed by atoms with Gasteiger partial charge < -0.3 is 19.5 Å². The fourth-order valence-corrected chi connectivity index (χ4v) is 3.11. The lowest BCUT2D eigenvalue weighted by Crippen LogP contribution is -2.40. The van der Waals surface area contributed by atoms with Gasteiger partial charge in [-0.2, -0.15) is 0 Å². The number of amides is 1. The van der Waals surface area contributed by atoms with Gasteiger partial charge >= 0.3 is 0 Å². The zero-order chi connectivity index (χ0) is 20.0. The summed E-state index contributed by atoms with van der Waals surface area (Å²) in [6.45, 7) is 4.30. The van der Waals surface area contributed by atoms with E-state index in [-0.39, 0.29) is 5.91 Å². The van der Waals surface area contributed by atoms with Crippen LogP contribution < -0.4 is 19.5 Å². The van der Waals surface area contributed by atoms with Crippen molar-refractivity contribution in [1.82, 2.24) is 5.32 Å². The Morgan fingerprint density at radius 3 is 2.04 bits per heavy atom. The van der Waals surface area contributed by atoms with Gasteiger partial charge in [0.25, 0.3) is 0 Å². The number of halogens is 1. The number of carbonyl (C=O) groups excluding carboxylic acids is 1. The van der Waals surface area contributed by atoms with Gasteiger partial charge in [-0.05, 0) is 38.0 Å². The highest BCUT2D eigenvalue weighted by molar-refractivity contribution is 9.10. The van der Waals surface area contributed by atoms with Gasteiger partial charge in [0.15, 0.2) is 0 Å². The highest BCUT2D eigenvalue weighted by atomic mass is 79.9. The summed E-state index contributed by atoms with van der Waals surface area (Å²) in [5, 5.41) is 3.02. The monoisotopic (exact) mass is 435 g/mol. The smallest absolute Gasteiger partial charge is 0.230 e. The van der Waals surface area contributed by atoms with Crippen molar-refractivity contribution in [3.63, 3.8) is 0 Å². The molecule has 146 valence electrons. The van der Waals surface area contributed by atoms with E-state index in [0.717, 1.165) is 15.6 Å². The van der Waals surface area contributed by atoms with E-state index in [4.69, 9.17) is 14.2 Å². The van der Waals surface area contributed by atoms with Crippen LogP contribution in [0.25, 0.3) is 0 Å². The van der Waals surface area contributed by atoms with E-state index in [0.29, 0.717) is 30.2 Å². The van der Waals surface area contributed by atoms with Crippen LogP contribution in [-0.2, 0) is 16.6 Å². The molecule has 0 aromatic heterocycles. The van der Waals surface area contributed by atoms with E-state index < -0.39 is 5.41 Å². The molecule has 0 aliphatic carbocycles. The largest absolute Gasteiger partial charge is 0.496 e. The molecular weight excluding hydrogens is 410 g/mol. The first kappa shape index (κ1) is 21.1. The Hall–Kier alpha value is -2.21. The summed E-state index contributed by atoms with van der Waals surface area (Å²) in [5.74, 6) is 1.98. The molecule has 2 rings (SSSR count). The van der Waals surface area contributed by atoms with Gasteiger partial charge in [0.1, 0.15) is 17.2 Å². The molecule has 1 N–H and O–H groups in total. The molecule has 0 fully saturated rings. The number of ether oxygens (including phenoxy) is 3. The fourth-order valence-electron chi connectivity index (χ4n) is 2.84. The minimum atomic E-state index is -0.630. The van der Waals surface area contributed by atoms with Crippen molar-refractivity contribution in [2.24, 2.45) is 0 Å². The lowest BCUT2D eigenvalue weighted by molar-refractivity contribution is -0.125. The second-order valence-corrected chi connectivity index (χ2v) is 7.56. The average molecular weight is 436 g/mol. The number of carbonyl (C=O) groups is 1. The van der Waals surface area contributed by atoms with Gasteiger partial charge in [0.05, 0.1) is 26.7 Å². The van der Waals surface area contributed by atoms with Crippen LogP contribution in [0.3, 0.4) is 0 Å².